The zero-order valence-corrected chi connectivity index (χ0v) is 18.0. The number of allylic oxidation sites excluding steroid dienone is 6. The minimum Gasteiger partial charge on any atom is -0.477 e. The van der Waals surface area contributed by atoms with Gasteiger partial charge in [0.05, 0.1) is 5.70 Å². The summed E-state index contributed by atoms with van der Waals surface area (Å²) in [6.07, 6.45) is 6.29. The maximum absolute atomic E-state index is 11.9. The molecule has 1 rings (SSSR count). The van der Waals surface area contributed by atoms with Crippen molar-refractivity contribution in [3.63, 3.8) is 0 Å². The van der Waals surface area contributed by atoms with Gasteiger partial charge in [-0.05, 0) is 57.7 Å². The van der Waals surface area contributed by atoms with Gasteiger partial charge in [0.2, 0.25) is 0 Å². The number of benzene rings is 1. The Labute approximate surface area is 177 Å². The molecule has 0 aliphatic heterocycles. The molecule has 0 spiro atoms. The first-order chi connectivity index (χ1) is 13.2. The molecule has 0 fully saturated rings. The Bertz CT molecular complexity index is 845. The summed E-state index contributed by atoms with van der Waals surface area (Å²) in [5.74, 6) is -1.07. The summed E-state index contributed by atoms with van der Waals surface area (Å²) in [5, 5.41) is 10.8. The van der Waals surface area contributed by atoms with Crippen molar-refractivity contribution in [1.82, 2.24) is 4.90 Å². The maximum Gasteiger partial charge on any atom is 0.354 e. The molecule has 0 amide bonds. The predicted molar refractivity (Wildman–Crippen MR) is 122 cm³/mol. The van der Waals surface area contributed by atoms with Crippen LogP contribution in [0.25, 0.3) is 0 Å². The Kier molecular flexibility index (Phi) is 9.84. The molecule has 0 aliphatic carbocycles. The van der Waals surface area contributed by atoms with Gasteiger partial charge in [0.1, 0.15) is 5.70 Å². The molecule has 1 aromatic rings. The molecule has 28 heavy (non-hydrogen) atoms. The highest BCUT2D eigenvalue weighted by atomic mass is 35.5. The van der Waals surface area contributed by atoms with Crippen molar-refractivity contribution in [3.8, 4) is 0 Å². The number of carboxylic acid groups (broad SMARTS) is 1. The molecule has 0 heterocycles. The van der Waals surface area contributed by atoms with Crippen LogP contribution in [0.4, 0.5) is 0 Å². The Balaban J connectivity index is 3.31. The van der Waals surface area contributed by atoms with E-state index >= 15 is 0 Å². The third-order valence-corrected chi connectivity index (χ3v) is 4.76. The van der Waals surface area contributed by atoms with E-state index in [-0.39, 0.29) is 12.2 Å². The van der Waals surface area contributed by atoms with Gasteiger partial charge in [-0.1, -0.05) is 59.1 Å². The number of hydrogen-bond acceptors (Lipinski definition) is 3. The highest BCUT2D eigenvalue weighted by Crippen LogP contribution is 2.25. The minimum atomic E-state index is -1.07. The lowest BCUT2D eigenvalue weighted by Gasteiger charge is -2.27. The Morgan fingerprint density at radius 2 is 2.04 bits per heavy atom. The van der Waals surface area contributed by atoms with Gasteiger partial charge in [-0.25, -0.2) is 4.79 Å². The van der Waals surface area contributed by atoms with Gasteiger partial charge >= 0.3 is 5.97 Å². The summed E-state index contributed by atoms with van der Waals surface area (Å²) in [6, 6.07) is 5.13. The summed E-state index contributed by atoms with van der Waals surface area (Å²) >= 11 is 12.4. The average Bonchev–Trinajstić information content (AvgIpc) is 2.63. The van der Waals surface area contributed by atoms with E-state index in [4.69, 9.17) is 23.2 Å². The smallest absolute Gasteiger partial charge is 0.354 e. The van der Waals surface area contributed by atoms with E-state index in [1.54, 1.807) is 30.0 Å². The number of carbonyl (C=O) groups is 1. The van der Waals surface area contributed by atoms with Crippen LogP contribution >= 0.6 is 23.2 Å². The molecule has 0 saturated heterocycles. The van der Waals surface area contributed by atoms with E-state index in [1.807, 2.05) is 32.1 Å². The molecule has 0 aromatic heterocycles. The molecule has 7 heteroatoms. The highest BCUT2D eigenvalue weighted by Gasteiger charge is 2.22. The van der Waals surface area contributed by atoms with Crippen molar-refractivity contribution in [2.75, 3.05) is 6.44 Å². The molecule has 0 atom stereocenters. The lowest BCUT2D eigenvalue weighted by Crippen LogP contribution is -2.32. The monoisotopic (exact) mass is 418 g/mol. The molecule has 0 bridgehead atoms. The highest BCUT2D eigenvalue weighted by molar-refractivity contribution is 6.47. The fraction of sp³-hybridized carbons (Fsp3) is 0.238. The summed E-state index contributed by atoms with van der Waals surface area (Å²) in [6.45, 7) is 13.2. The van der Waals surface area contributed by atoms with Crippen LogP contribution in [0, 0.1) is 0 Å². The normalized spacial score (nSPS) is 12.5. The topological polar surface area (TPSA) is 52.9 Å². The van der Waals surface area contributed by atoms with E-state index in [9.17, 15) is 9.90 Å². The van der Waals surface area contributed by atoms with Crippen LogP contribution in [-0.2, 0) is 11.3 Å². The zero-order valence-electron chi connectivity index (χ0n) is 16.5. The molecule has 0 radical (unpaired) electrons. The van der Waals surface area contributed by atoms with Gasteiger partial charge in [-0.15, -0.1) is 0 Å². The second-order valence-electron chi connectivity index (χ2n) is 6.30. The third kappa shape index (κ3) is 7.06. The van der Waals surface area contributed by atoms with Crippen LogP contribution in [0.2, 0.25) is 10.0 Å². The van der Waals surface area contributed by atoms with Crippen LogP contribution in [0.5, 0.6) is 0 Å². The fourth-order valence-corrected chi connectivity index (χ4v) is 3.01. The SMILES string of the molecule is C=N/C(C)=C(/C(=O)O)N(CB/C(=C/C=C\C)C(=C)C)Cc1cc(Cl)ccc1Cl. The third-order valence-electron chi connectivity index (χ3n) is 4.16. The number of aliphatic imine (C=N–C) groups is 1. The van der Waals surface area contributed by atoms with Crippen LogP contribution in [0.3, 0.4) is 0 Å². The summed E-state index contributed by atoms with van der Waals surface area (Å²) in [4.78, 5) is 17.5. The molecule has 4 nitrogen and oxygen atoms in total. The van der Waals surface area contributed by atoms with E-state index in [1.165, 1.54) is 0 Å². The first-order valence-corrected chi connectivity index (χ1v) is 9.54. The quantitative estimate of drug-likeness (QED) is 0.244. The number of hydrogen-bond donors (Lipinski definition) is 1. The summed E-state index contributed by atoms with van der Waals surface area (Å²) in [7, 11) is 0.610. The second-order valence-corrected chi connectivity index (χ2v) is 7.15. The van der Waals surface area contributed by atoms with Crippen molar-refractivity contribution >= 4 is 43.2 Å². The van der Waals surface area contributed by atoms with Crippen LogP contribution in [0.1, 0.15) is 26.3 Å². The molecule has 0 aliphatic rings. The molecular formula is C21H25BCl2N2O2. The largest absolute Gasteiger partial charge is 0.477 e. The number of aliphatic carboxylic acids is 1. The molecule has 1 N–H and O–H groups in total. The van der Waals surface area contributed by atoms with Crippen molar-refractivity contribution < 1.29 is 9.90 Å². The lowest BCUT2D eigenvalue weighted by atomic mass is 9.66. The first kappa shape index (κ1) is 23.8. The van der Waals surface area contributed by atoms with Crippen LogP contribution in [-0.4, -0.2) is 36.4 Å². The van der Waals surface area contributed by atoms with Crippen molar-refractivity contribution in [3.05, 3.63) is 81.1 Å². The van der Waals surface area contributed by atoms with Gasteiger partial charge in [-0.2, -0.15) is 0 Å². The molecule has 1 aromatic carbocycles. The summed E-state index contributed by atoms with van der Waals surface area (Å²) in [5.41, 5.74) is 3.12. The number of halogens is 2. The molecule has 0 unspecified atom stereocenters. The number of nitrogens with zero attached hydrogens (tertiary/aromatic N) is 2. The Morgan fingerprint density at radius 1 is 1.36 bits per heavy atom. The second kappa shape index (κ2) is 11.6. The zero-order chi connectivity index (χ0) is 21.3. The summed E-state index contributed by atoms with van der Waals surface area (Å²) < 4.78 is 0. The van der Waals surface area contributed by atoms with Gasteiger partial charge in [-0.3, -0.25) is 4.99 Å². The first-order valence-electron chi connectivity index (χ1n) is 8.78. The minimum absolute atomic E-state index is 0.0816. The van der Waals surface area contributed by atoms with E-state index in [0.717, 1.165) is 16.6 Å². The molecular weight excluding hydrogens is 394 g/mol. The lowest BCUT2D eigenvalue weighted by molar-refractivity contribution is -0.134. The van der Waals surface area contributed by atoms with Gasteiger partial charge in [0.15, 0.2) is 7.28 Å². The van der Waals surface area contributed by atoms with E-state index in [2.05, 4.69) is 18.3 Å². The van der Waals surface area contributed by atoms with Crippen molar-refractivity contribution in [1.29, 1.82) is 0 Å². The fourth-order valence-electron chi connectivity index (χ4n) is 2.64. The van der Waals surface area contributed by atoms with Crippen LogP contribution < -0.4 is 0 Å². The average molecular weight is 419 g/mol. The molecule has 148 valence electrons. The predicted octanol–water partition coefficient (Wildman–Crippen LogP) is 5.24. The van der Waals surface area contributed by atoms with Crippen molar-refractivity contribution in [2.24, 2.45) is 4.99 Å². The van der Waals surface area contributed by atoms with E-state index in [0.29, 0.717) is 29.5 Å². The van der Waals surface area contributed by atoms with Crippen molar-refractivity contribution in [2.45, 2.75) is 27.3 Å². The Morgan fingerprint density at radius 3 is 2.57 bits per heavy atom. The van der Waals surface area contributed by atoms with Crippen LogP contribution in [0.15, 0.2) is 70.4 Å². The van der Waals surface area contributed by atoms with E-state index < -0.39 is 5.97 Å². The Hall–Kier alpha value is -2.24. The molecule has 0 saturated carbocycles. The number of carboxylic acids is 1. The standard InChI is InChI=1S/C21H25BCl2N2O2/c1-6-7-8-18(14(2)3)22-13-26(20(21(27)28)15(4)25-5)12-16-11-17(23)9-10-19(16)24/h6-11,22H,2,5,12-13H2,1,3-4H3,(H,27,28)/b7-6-,18-8+,20-15-. The van der Waals surface area contributed by atoms with Gasteiger partial charge in [0.25, 0.3) is 0 Å². The van der Waals surface area contributed by atoms with Gasteiger partial charge in [0, 0.05) is 16.6 Å². The maximum atomic E-state index is 11.9. The number of rotatable bonds is 10. The van der Waals surface area contributed by atoms with Gasteiger partial charge < -0.3 is 10.0 Å².